The third kappa shape index (κ3) is 5.11. The second-order valence-corrected chi connectivity index (χ2v) is 8.56. The average Bonchev–Trinajstić information content (AvgIpc) is 3.61. The van der Waals surface area contributed by atoms with Gasteiger partial charge in [0.15, 0.2) is 0 Å². The molecule has 1 aromatic heterocycles. The summed E-state index contributed by atoms with van der Waals surface area (Å²) in [5.41, 5.74) is 1.66. The molecule has 1 saturated carbocycles. The third-order valence-corrected chi connectivity index (χ3v) is 6.00. The summed E-state index contributed by atoms with van der Waals surface area (Å²) in [6.07, 6.45) is 2.45. The van der Waals surface area contributed by atoms with Crippen molar-refractivity contribution in [3.05, 3.63) is 34.4 Å². The van der Waals surface area contributed by atoms with Gasteiger partial charge in [-0.3, -0.25) is 4.79 Å². The molecule has 2 fully saturated rings. The number of fused-ring (bicyclic) bond motifs is 1. The van der Waals surface area contributed by atoms with E-state index >= 15 is 0 Å². The first-order valence-corrected chi connectivity index (χ1v) is 11.3. The molecule has 1 saturated heterocycles. The maximum absolute atomic E-state index is 13.1. The van der Waals surface area contributed by atoms with Crippen LogP contribution in [0.4, 0.5) is 0 Å². The molecule has 0 radical (unpaired) electrons. The van der Waals surface area contributed by atoms with Crippen LogP contribution in [-0.4, -0.2) is 68.0 Å². The van der Waals surface area contributed by atoms with Crippen molar-refractivity contribution in [3.63, 3.8) is 0 Å². The van der Waals surface area contributed by atoms with Gasteiger partial charge in [-0.2, -0.15) is 0 Å². The summed E-state index contributed by atoms with van der Waals surface area (Å²) in [4.78, 5) is 19.9. The molecule has 1 amide bonds. The van der Waals surface area contributed by atoms with Crippen molar-refractivity contribution in [3.8, 4) is 5.75 Å². The Morgan fingerprint density at radius 3 is 2.97 bits per heavy atom. The summed E-state index contributed by atoms with van der Waals surface area (Å²) in [6, 6.07) is 8.19. The van der Waals surface area contributed by atoms with Crippen molar-refractivity contribution in [2.24, 2.45) is 0 Å². The van der Waals surface area contributed by atoms with E-state index in [1.54, 1.807) is 7.11 Å². The lowest BCUT2D eigenvalue weighted by Crippen LogP contribution is -2.49. The van der Waals surface area contributed by atoms with E-state index < -0.39 is 6.10 Å². The molecule has 30 heavy (non-hydrogen) atoms. The van der Waals surface area contributed by atoms with Crippen LogP contribution >= 0.6 is 15.9 Å². The molecule has 2 heterocycles. The molecule has 8 heteroatoms. The number of halogens is 1. The van der Waals surface area contributed by atoms with Gasteiger partial charge in [0.1, 0.15) is 11.9 Å². The fraction of sp³-hybridized carbons (Fsp3) is 0.545. The molecule has 7 nitrogen and oxygen atoms in total. The summed E-state index contributed by atoms with van der Waals surface area (Å²) in [7, 11) is 1.69. The van der Waals surface area contributed by atoms with Gasteiger partial charge in [0.25, 0.3) is 5.91 Å². The number of morpholine rings is 1. The second kappa shape index (κ2) is 10.0. The van der Waals surface area contributed by atoms with Crippen LogP contribution in [-0.2, 0) is 20.8 Å². The Bertz CT molecular complexity index is 884. The van der Waals surface area contributed by atoms with Crippen LogP contribution in [0.2, 0.25) is 0 Å². The van der Waals surface area contributed by atoms with Gasteiger partial charge in [-0.1, -0.05) is 6.07 Å². The Labute approximate surface area is 185 Å². The zero-order chi connectivity index (χ0) is 20.9. The monoisotopic (exact) mass is 477 g/mol. The standard InChI is InChI=1S/C22H28BrN3O4/c1-28-9-3-10-29-19-12-15(25-21-17(19)4-2-5-18(21)23)14-26(16-6-7-16)22(27)20-13-24-8-11-30-20/h2,4-5,12,16,20,24H,3,6-11,13-14H2,1H3/t20-/m1/s1. The van der Waals surface area contributed by atoms with Crippen LogP contribution in [0.5, 0.6) is 5.75 Å². The fourth-order valence-electron chi connectivity index (χ4n) is 3.68. The van der Waals surface area contributed by atoms with E-state index in [4.69, 9.17) is 19.2 Å². The van der Waals surface area contributed by atoms with Crippen molar-refractivity contribution in [1.29, 1.82) is 0 Å². The van der Waals surface area contributed by atoms with E-state index in [1.807, 2.05) is 29.2 Å². The zero-order valence-electron chi connectivity index (χ0n) is 17.2. The van der Waals surface area contributed by atoms with Gasteiger partial charge in [-0.15, -0.1) is 0 Å². The van der Waals surface area contributed by atoms with Gasteiger partial charge in [0.2, 0.25) is 0 Å². The van der Waals surface area contributed by atoms with E-state index in [0.717, 1.165) is 52.6 Å². The highest BCUT2D eigenvalue weighted by Crippen LogP contribution is 2.33. The van der Waals surface area contributed by atoms with E-state index in [-0.39, 0.29) is 11.9 Å². The lowest BCUT2D eigenvalue weighted by Gasteiger charge is -2.30. The Kier molecular flexibility index (Phi) is 7.20. The molecule has 1 aliphatic heterocycles. The molecule has 162 valence electrons. The number of amides is 1. The SMILES string of the molecule is COCCCOc1cc(CN(C(=O)[C@H]2CNCCO2)C2CC2)nc2c(Br)cccc12. The zero-order valence-corrected chi connectivity index (χ0v) is 18.8. The fourth-order valence-corrected chi connectivity index (χ4v) is 4.13. The number of carbonyl (C=O) groups is 1. The van der Waals surface area contributed by atoms with Crippen molar-refractivity contribution in [2.45, 2.75) is 38.0 Å². The van der Waals surface area contributed by atoms with Crippen LogP contribution in [0.15, 0.2) is 28.7 Å². The highest BCUT2D eigenvalue weighted by atomic mass is 79.9. The van der Waals surface area contributed by atoms with Crippen LogP contribution in [0.3, 0.4) is 0 Å². The number of para-hydroxylation sites is 1. The van der Waals surface area contributed by atoms with Gasteiger partial charge < -0.3 is 24.4 Å². The lowest BCUT2D eigenvalue weighted by atomic mass is 10.1. The number of aromatic nitrogens is 1. The number of ether oxygens (including phenoxy) is 3. The summed E-state index contributed by atoms with van der Waals surface area (Å²) in [5, 5.41) is 4.20. The number of methoxy groups -OCH3 is 1. The molecule has 1 aliphatic carbocycles. The number of benzene rings is 1. The van der Waals surface area contributed by atoms with Crippen LogP contribution in [0.1, 0.15) is 25.0 Å². The topological polar surface area (TPSA) is 72.9 Å². The smallest absolute Gasteiger partial charge is 0.253 e. The molecule has 0 spiro atoms. The van der Waals surface area contributed by atoms with Gasteiger partial charge in [0, 0.05) is 55.2 Å². The Morgan fingerprint density at radius 2 is 2.23 bits per heavy atom. The minimum atomic E-state index is -0.420. The minimum absolute atomic E-state index is 0.0429. The molecule has 4 rings (SSSR count). The molecule has 1 N–H and O–H groups in total. The van der Waals surface area contributed by atoms with Crippen molar-refractivity contribution in [2.75, 3.05) is 40.0 Å². The Morgan fingerprint density at radius 1 is 1.37 bits per heavy atom. The van der Waals surface area contributed by atoms with E-state index in [1.165, 1.54) is 0 Å². The van der Waals surface area contributed by atoms with Crippen molar-refractivity contribution >= 4 is 32.7 Å². The number of carbonyl (C=O) groups excluding carboxylic acids is 1. The van der Waals surface area contributed by atoms with Crippen molar-refractivity contribution < 1.29 is 19.0 Å². The third-order valence-electron chi connectivity index (χ3n) is 5.36. The average molecular weight is 478 g/mol. The summed E-state index contributed by atoms with van der Waals surface area (Å²) < 4.78 is 17.8. The Hall–Kier alpha value is -1.74. The number of pyridine rings is 1. The van der Waals surface area contributed by atoms with Gasteiger partial charge in [0.05, 0.1) is 31.0 Å². The first-order valence-electron chi connectivity index (χ1n) is 10.5. The predicted molar refractivity (Wildman–Crippen MR) is 118 cm³/mol. The van der Waals surface area contributed by atoms with Crippen LogP contribution in [0, 0.1) is 0 Å². The second-order valence-electron chi connectivity index (χ2n) is 7.70. The number of hydrogen-bond acceptors (Lipinski definition) is 6. The largest absolute Gasteiger partial charge is 0.493 e. The van der Waals surface area contributed by atoms with E-state index in [2.05, 4.69) is 21.2 Å². The molecule has 0 bridgehead atoms. The number of rotatable bonds is 9. The van der Waals surface area contributed by atoms with Gasteiger partial charge in [-0.05, 0) is 40.9 Å². The molecular weight excluding hydrogens is 450 g/mol. The lowest BCUT2D eigenvalue weighted by molar-refractivity contribution is -0.146. The van der Waals surface area contributed by atoms with Crippen LogP contribution in [0.25, 0.3) is 10.9 Å². The Balaban J connectivity index is 1.58. The summed E-state index contributed by atoms with van der Waals surface area (Å²) in [5.74, 6) is 0.826. The summed E-state index contributed by atoms with van der Waals surface area (Å²) >= 11 is 3.61. The molecule has 0 unspecified atom stereocenters. The number of nitrogens with zero attached hydrogens (tertiary/aromatic N) is 2. The van der Waals surface area contributed by atoms with Gasteiger partial charge >= 0.3 is 0 Å². The molecule has 1 aromatic carbocycles. The molecular formula is C22H28BrN3O4. The summed E-state index contributed by atoms with van der Waals surface area (Å²) in [6.45, 7) is 3.58. The molecule has 2 aliphatic rings. The maximum Gasteiger partial charge on any atom is 0.253 e. The van der Waals surface area contributed by atoms with Crippen LogP contribution < -0.4 is 10.1 Å². The first kappa shape index (κ1) is 21.5. The normalized spacial score (nSPS) is 19.1. The highest BCUT2D eigenvalue weighted by Gasteiger charge is 2.37. The highest BCUT2D eigenvalue weighted by molar-refractivity contribution is 9.10. The first-order chi connectivity index (χ1) is 14.7. The number of hydrogen-bond donors (Lipinski definition) is 1. The van der Waals surface area contributed by atoms with E-state index in [0.29, 0.717) is 32.9 Å². The van der Waals surface area contributed by atoms with E-state index in [9.17, 15) is 4.79 Å². The maximum atomic E-state index is 13.1. The molecule has 1 atom stereocenters. The predicted octanol–water partition coefficient (Wildman–Crippen LogP) is 2.89. The van der Waals surface area contributed by atoms with Gasteiger partial charge in [-0.25, -0.2) is 4.98 Å². The number of nitrogens with one attached hydrogen (secondary N) is 1. The minimum Gasteiger partial charge on any atom is -0.493 e. The quantitative estimate of drug-likeness (QED) is 0.559. The van der Waals surface area contributed by atoms with Crippen molar-refractivity contribution in [1.82, 2.24) is 15.2 Å². The molecule has 2 aromatic rings.